The number of benzene rings is 1. The van der Waals surface area contributed by atoms with Crippen LogP contribution in [-0.2, 0) is 0 Å². The minimum Gasteiger partial charge on any atom is -0.383 e. The van der Waals surface area contributed by atoms with E-state index in [1.54, 1.807) is 6.20 Å². The maximum absolute atomic E-state index is 5.73. The Bertz CT molecular complexity index is 613. The molecule has 0 atom stereocenters. The number of nitrogens with zero attached hydrogens (tertiary/aromatic N) is 3. The molecular weight excluding hydrogens is 178 g/mol. The van der Waals surface area contributed by atoms with Crippen LogP contribution >= 0.6 is 0 Å². The van der Waals surface area contributed by atoms with Gasteiger partial charge in [0, 0.05) is 10.8 Å². The van der Waals surface area contributed by atoms with Crippen molar-refractivity contribution >= 4 is 27.6 Å². The van der Waals surface area contributed by atoms with Crippen LogP contribution in [0.1, 0.15) is 0 Å². The Kier molecular flexibility index (Phi) is 1.25. The molecule has 0 saturated heterocycles. The van der Waals surface area contributed by atoms with Crippen molar-refractivity contribution in [2.24, 2.45) is 0 Å². The van der Waals surface area contributed by atoms with E-state index < -0.39 is 0 Å². The first-order valence-corrected chi connectivity index (χ1v) is 4.18. The van der Waals surface area contributed by atoms with E-state index in [1.807, 2.05) is 12.1 Å². The molecule has 3 N–H and O–H groups in total. The maximum Gasteiger partial charge on any atom is 0.134 e. The molecule has 5 nitrogen and oxygen atoms in total. The summed E-state index contributed by atoms with van der Waals surface area (Å²) in [6, 6.07) is 3.82. The molecule has 2 heterocycles. The predicted molar refractivity (Wildman–Crippen MR) is 53.6 cm³/mol. The van der Waals surface area contributed by atoms with Gasteiger partial charge in [-0.05, 0) is 12.1 Å². The van der Waals surface area contributed by atoms with E-state index in [1.165, 1.54) is 6.33 Å². The zero-order chi connectivity index (χ0) is 9.54. The number of nitrogens with one attached hydrogen (secondary N) is 1. The standard InChI is InChI=1S/C9H7N5/c10-9-5-1-2-7-6(3-13-14-7)8(5)11-4-12-9/h1-4H,(H,13,14)(H2,10,11,12). The summed E-state index contributed by atoms with van der Waals surface area (Å²) in [4.78, 5) is 8.13. The third kappa shape index (κ3) is 0.806. The van der Waals surface area contributed by atoms with Gasteiger partial charge in [0.25, 0.3) is 0 Å². The summed E-state index contributed by atoms with van der Waals surface area (Å²) < 4.78 is 0. The average molecular weight is 185 g/mol. The Hall–Kier alpha value is -2.17. The lowest BCUT2D eigenvalue weighted by Gasteiger charge is -1.99. The largest absolute Gasteiger partial charge is 0.383 e. The zero-order valence-electron chi connectivity index (χ0n) is 7.23. The monoisotopic (exact) mass is 185 g/mol. The van der Waals surface area contributed by atoms with E-state index in [0.717, 1.165) is 21.8 Å². The molecule has 0 amide bonds. The molecule has 5 heteroatoms. The summed E-state index contributed by atoms with van der Waals surface area (Å²) in [5.41, 5.74) is 7.53. The number of anilines is 1. The van der Waals surface area contributed by atoms with Crippen molar-refractivity contribution in [3.63, 3.8) is 0 Å². The topological polar surface area (TPSA) is 80.5 Å². The lowest BCUT2D eigenvalue weighted by Crippen LogP contribution is -1.92. The average Bonchev–Trinajstić information content (AvgIpc) is 2.66. The van der Waals surface area contributed by atoms with Gasteiger partial charge < -0.3 is 5.73 Å². The Morgan fingerprint density at radius 3 is 3.00 bits per heavy atom. The molecule has 2 aromatic heterocycles. The highest BCUT2D eigenvalue weighted by Gasteiger charge is 2.05. The summed E-state index contributed by atoms with van der Waals surface area (Å²) in [5, 5.41) is 8.67. The minimum atomic E-state index is 0.498. The molecule has 0 aliphatic rings. The van der Waals surface area contributed by atoms with Gasteiger partial charge in [0.1, 0.15) is 12.1 Å². The third-order valence-electron chi connectivity index (χ3n) is 2.26. The lowest BCUT2D eigenvalue weighted by molar-refractivity contribution is 1.12. The van der Waals surface area contributed by atoms with E-state index in [9.17, 15) is 0 Å². The van der Waals surface area contributed by atoms with Gasteiger partial charge in [-0.25, -0.2) is 9.97 Å². The first kappa shape index (κ1) is 7.25. The number of fused-ring (bicyclic) bond motifs is 3. The fraction of sp³-hybridized carbons (Fsp3) is 0. The molecule has 0 unspecified atom stereocenters. The number of nitrogen functional groups attached to an aromatic ring is 1. The molecule has 0 fully saturated rings. The number of aromatic amines is 1. The Morgan fingerprint density at radius 1 is 1.14 bits per heavy atom. The maximum atomic E-state index is 5.73. The van der Waals surface area contributed by atoms with Crippen LogP contribution in [0.3, 0.4) is 0 Å². The van der Waals surface area contributed by atoms with Crippen LogP contribution in [-0.4, -0.2) is 20.2 Å². The van der Waals surface area contributed by atoms with Crippen molar-refractivity contribution < 1.29 is 0 Å². The number of hydrogen-bond donors (Lipinski definition) is 2. The van der Waals surface area contributed by atoms with Gasteiger partial charge in [0.2, 0.25) is 0 Å². The van der Waals surface area contributed by atoms with Gasteiger partial charge in [0.05, 0.1) is 17.2 Å². The van der Waals surface area contributed by atoms with Crippen LogP contribution in [0.5, 0.6) is 0 Å². The van der Waals surface area contributed by atoms with Crippen LogP contribution in [0.2, 0.25) is 0 Å². The van der Waals surface area contributed by atoms with Crippen LogP contribution in [0, 0.1) is 0 Å². The van der Waals surface area contributed by atoms with E-state index in [4.69, 9.17) is 5.73 Å². The molecule has 0 bridgehead atoms. The van der Waals surface area contributed by atoms with E-state index >= 15 is 0 Å². The zero-order valence-corrected chi connectivity index (χ0v) is 7.23. The van der Waals surface area contributed by atoms with E-state index in [2.05, 4.69) is 20.2 Å². The number of nitrogens with two attached hydrogens (primary N) is 1. The molecule has 68 valence electrons. The minimum absolute atomic E-state index is 0.498. The molecule has 0 aliphatic heterocycles. The van der Waals surface area contributed by atoms with Gasteiger partial charge >= 0.3 is 0 Å². The van der Waals surface area contributed by atoms with Crippen molar-refractivity contribution in [2.45, 2.75) is 0 Å². The quantitative estimate of drug-likeness (QED) is 0.549. The Balaban J connectivity index is 2.64. The molecule has 14 heavy (non-hydrogen) atoms. The van der Waals surface area contributed by atoms with Crippen LogP contribution in [0.4, 0.5) is 5.82 Å². The first-order chi connectivity index (χ1) is 6.86. The highest BCUT2D eigenvalue weighted by Crippen LogP contribution is 2.23. The number of aromatic nitrogens is 4. The molecule has 3 aromatic rings. The Morgan fingerprint density at radius 2 is 2.07 bits per heavy atom. The van der Waals surface area contributed by atoms with Gasteiger partial charge in [-0.2, -0.15) is 5.10 Å². The van der Waals surface area contributed by atoms with Crippen LogP contribution in [0.25, 0.3) is 21.8 Å². The van der Waals surface area contributed by atoms with Gasteiger partial charge in [-0.1, -0.05) is 0 Å². The second-order valence-corrected chi connectivity index (χ2v) is 3.05. The smallest absolute Gasteiger partial charge is 0.134 e. The Labute approximate surface area is 79.0 Å². The van der Waals surface area contributed by atoms with Crippen molar-refractivity contribution in [2.75, 3.05) is 5.73 Å². The predicted octanol–water partition coefficient (Wildman–Crippen LogP) is 1.09. The first-order valence-electron chi connectivity index (χ1n) is 4.18. The van der Waals surface area contributed by atoms with Gasteiger partial charge in [-0.3, -0.25) is 5.10 Å². The number of hydrogen-bond acceptors (Lipinski definition) is 4. The van der Waals surface area contributed by atoms with Crippen molar-refractivity contribution in [1.29, 1.82) is 0 Å². The highest BCUT2D eigenvalue weighted by atomic mass is 15.1. The number of H-pyrrole nitrogens is 1. The molecule has 1 aromatic carbocycles. The fourth-order valence-corrected chi connectivity index (χ4v) is 1.57. The molecule has 0 spiro atoms. The molecule has 0 aliphatic carbocycles. The molecular formula is C9H7N5. The second kappa shape index (κ2) is 2.41. The van der Waals surface area contributed by atoms with Crippen molar-refractivity contribution in [3.05, 3.63) is 24.7 Å². The SMILES string of the molecule is Nc1ncnc2c1ccc1[nH]ncc12. The van der Waals surface area contributed by atoms with Gasteiger partial charge in [0.15, 0.2) is 0 Å². The summed E-state index contributed by atoms with van der Waals surface area (Å²) in [7, 11) is 0. The van der Waals surface area contributed by atoms with Gasteiger partial charge in [-0.15, -0.1) is 0 Å². The molecule has 3 rings (SSSR count). The number of rotatable bonds is 0. The summed E-state index contributed by atoms with van der Waals surface area (Å²) >= 11 is 0. The normalized spacial score (nSPS) is 11.1. The summed E-state index contributed by atoms with van der Waals surface area (Å²) in [6.07, 6.45) is 3.20. The summed E-state index contributed by atoms with van der Waals surface area (Å²) in [5.74, 6) is 0.498. The van der Waals surface area contributed by atoms with Crippen molar-refractivity contribution in [1.82, 2.24) is 20.2 Å². The fourth-order valence-electron chi connectivity index (χ4n) is 1.57. The second-order valence-electron chi connectivity index (χ2n) is 3.05. The lowest BCUT2D eigenvalue weighted by atomic mass is 10.1. The van der Waals surface area contributed by atoms with Crippen LogP contribution < -0.4 is 5.73 Å². The highest BCUT2D eigenvalue weighted by molar-refractivity contribution is 6.06. The molecule has 0 radical (unpaired) electrons. The summed E-state index contributed by atoms with van der Waals surface area (Å²) in [6.45, 7) is 0. The molecule has 0 saturated carbocycles. The third-order valence-corrected chi connectivity index (χ3v) is 2.26. The van der Waals surface area contributed by atoms with Crippen molar-refractivity contribution in [3.8, 4) is 0 Å². The van der Waals surface area contributed by atoms with E-state index in [-0.39, 0.29) is 0 Å². The van der Waals surface area contributed by atoms with Crippen LogP contribution in [0.15, 0.2) is 24.7 Å². The van der Waals surface area contributed by atoms with E-state index in [0.29, 0.717) is 5.82 Å².